The van der Waals surface area contributed by atoms with Crippen LogP contribution in [0.4, 0.5) is 4.39 Å². The van der Waals surface area contributed by atoms with Crippen molar-refractivity contribution < 1.29 is 9.18 Å². The topological polar surface area (TPSA) is 17.1 Å². The van der Waals surface area contributed by atoms with E-state index in [0.717, 1.165) is 10.6 Å². The lowest BCUT2D eigenvalue weighted by Gasteiger charge is -2.33. The van der Waals surface area contributed by atoms with Crippen LogP contribution in [-0.4, -0.2) is 5.78 Å². The largest absolute Gasteiger partial charge is 0.290 e. The maximum atomic E-state index is 17.2. The normalized spacial score (nSPS) is 13.2. The summed E-state index contributed by atoms with van der Waals surface area (Å²) in [5.74, 6) is -0.495. The Morgan fingerprint density at radius 2 is 1.25 bits per heavy atom. The number of rotatable bonds is 6. The van der Waals surface area contributed by atoms with Crippen molar-refractivity contribution in [3.8, 4) is 0 Å². The molecule has 0 aliphatic rings. The van der Waals surface area contributed by atoms with E-state index in [1.807, 2.05) is 72.1 Å². The van der Waals surface area contributed by atoms with Gasteiger partial charge in [-0.25, -0.2) is 4.39 Å². The van der Waals surface area contributed by atoms with Crippen molar-refractivity contribution in [1.29, 1.82) is 0 Å². The smallest absolute Gasteiger partial charge is 0.225 e. The zero-order valence-corrected chi connectivity index (χ0v) is 16.7. The number of hydrogen-bond donors (Lipinski definition) is 0. The fourth-order valence-electron chi connectivity index (χ4n) is 3.25. The van der Waals surface area contributed by atoms with E-state index in [1.54, 1.807) is 35.7 Å². The van der Waals surface area contributed by atoms with Crippen molar-refractivity contribution in [2.45, 2.75) is 5.41 Å². The Hall–Kier alpha value is -2.61. The number of ketones is 1. The molecule has 4 rings (SSSR count). The third-order valence-electron chi connectivity index (χ3n) is 4.58. The molecule has 0 bridgehead atoms. The number of benzene rings is 3. The molecule has 0 aliphatic carbocycles. The Bertz CT molecular complexity index is 996. The summed E-state index contributed by atoms with van der Waals surface area (Å²) in [5.41, 5.74) is 0.806. The summed E-state index contributed by atoms with van der Waals surface area (Å²) in [7, 11) is -1.62. The first-order valence-electron chi connectivity index (χ1n) is 8.93. The van der Waals surface area contributed by atoms with Gasteiger partial charge >= 0.3 is 0 Å². The molecule has 1 unspecified atom stereocenters. The fourth-order valence-corrected chi connectivity index (χ4v) is 6.71. The summed E-state index contributed by atoms with van der Waals surface area (Å²) in [6.07, 6.45) is 0. The molecular formula is C24H18FOPS. The van der Waals surface area contributed by atoms with Gasteiger partial charge in [-0.2, -0.15) is 11.3 Å². The van der Waals surface area contributed by atoms with Gasteiger partial charge in [0.2, 0.25) is 11.2 Å². The highest BCUT2D eigenvalue weighted by Gasteiger charge is 2.49. The molecule has 1 nitrogen and oxygen atoms in total. The highest BCUT2D eigenvalue weighted by atomic mass is 32.1. The van der Waals surface area contributed by atoms with Crippen LogP contribution in [0, 0.1) is 0 Å². The van der Waals surface area contributed by atoms with Crippen molar-refractivity contribution in [1.82, 2.24) is 0 Å². The van der Waals surface area contributed by atoms with Gasteiger partial charge in [-0.3, -0.25) is 4.79 Å². The molecule has 1 atom stereocenters. The van der Waals surface area contributed by atoms with E-state index in [2.05, 4.69) is 0 Å². The lowest BCUT2D eigenvalue weighted by Crippen LogP contribution is -2.36. The van der Waals surface area contributed by atoms with E-state index in [0.29, 0.717) is 11.1 Å². The molecule has 4 aromatic rings. The molecule has 138 valence electrons. The standard InChI is InChI=1S/C24H18FOPS/c25-24(20-16-17-28-18-20,23(26)19-10-4-1-5-11-19)27(21-12-6-2-7-13-21)22-14-8-3-9-15-22/h1-18H. The highest BCUT2D eigenvalue weighted by molar-refractivity contribution is 7.74. The SMILES string of the molecule is O=C(c1ccccc1)C(F)(c1ccsc1)P(c1ccccc1)c1ccccc1. The first-order chi connectivity index (χ1) is 13.7. The van der Waals surface area contributed by atoms with Crippen molar-refractivity contribution in [2.24, 2.45) is 0 Å². The molecule has 28 heavy (non-hydrogen) atoms. The number of carbonyl (C=O) groups excluding carboxylic acids is 1. The second kappa shape index (κ2) is 8.18. The van der Waals surface area contributed by atoms with Gasteiger partial charge in [0.15, 0.2) is 0 Å². The van der Waals surface area contributed by atoms with Crippen LogP contribution in [0.3, 0.4) is 0 Å². The van der Waals surface area contributed by atoms with Gasteiger partial charge < -0.3 is 0 Å². The van der Waals surface area contributed by atoms with E-state index in [1.165, 1.54) is 11.3 Å². The number of alkyl halides is 1. The van der Waals surface area contributed by atoms with Gasteiger partial charge in [0.1, 0.15) is 0 Å². The Morgan fingerprint density at radius 3 is 1.71 bits per heavy atom. The predicted molar refractivity (Wildman–Crippen MR) is 117 cm³/mol. The van der Waals surface area contributed by atoms with Gasteiger partial charge in [0, 0.05) is 19.0 Å². The molecule has 1 heterocycles. The zero-order valence-electron chi connectivity index (χ0n) is 15.0. The lowest BCUT2D eigenvalue weighted by molar-refractivity contribution is 0.0832. The van der Waals surface area contributed by atoms with Crippen LogP contribution in [0.1, 0.15) is 15.9 Å². The molecular weight excluding hydrogens is 386 g/mol. The highest BCUT2D eigenvalue weighted by Crippen LogP contribution is 2.57. The van der Waals surface area contributed by atoms with Crippen LogP contribution < -0.4 is 10.6 Å². The lowest BCUT2D eigenvalue weighted by atomic mass is 10.0. The first-order valence-corrected chi connectivity index (χ1v) is 11.2. The molecule has 0 saturated heterocycles. The van der Waals surface area contributed by atoms with Gasteiger partial charge in [0.05, 0.1) is 0 Å². The molecule has 0 saturated carbocycles. The third-order valence-corrected chi connectivity index (χ3v) is 7.97. The van der Waals surface area contributed by atoms with Crippen molar-refractivity contribution in [2.75, 3.05) is 0 Å². The Labute approximate surface area is 169 Å². The van der Waals surface area contributed by atoms with Crippen molar-refractivity contribution >= 4 is 35.7 Å². The average molecular weight is 404 g/mol. The Kier molecular flexibility index (Phi) is 5.47. The average Bonchev–Trinajstić information content (AvgIpc) is 3.31. The number of Topliss-reactive ketones (excluding diaryl/α,β-unsaturated/α-hetero) is 1. The molecule has 1 aromatic heterocycles. The van der Waals surface area contributed by atoms with Crippen LogP contribution in [0.5, 0.6) is 0 Å². The zero-order chi connectivity index (χ0) is 19.4. The van der Waals surface area contributed by atoms with E-state index >= 15 is 4.39 Å². The number of hydrogen-bond acceptors (Lipinski definition) is 2. The maximum Gasteiger partial charge on any atom is 0.225 e. The summed E-state index contributed by atoms with van der Waals surface area (Å²) >= 11 is 1.40. The summed E-state index contributed by atoms with van der Waals surface area (Å²) in [4.78, 5) is 13.6. The van der Waals surface area contributed by atoms with Crippen molar-refractivity contribution in [3.63, 3.8) is 0 Å². The molecule has 0 aliphatic heterocycles. The molecule has 0 fully saturated rings. The van der Waals surface area contributed by atoms with Gasteiger partial charge in [-0.05, 0) is 27.4 Å². The fraction of sp³-hybridized carbons (Fsp3) is 0.0417. The molecule has 4 heteroatoms. The second-order valence-corrected chi connectivity index (χ2v) is 9.44. The summed E-state index contributed by atoms with van der Waals surface area (Å²) in [6, 6.07) is 29.5. The van der Waals surface area contributed by atoms with E-state index in [-0.39, 0.29) is 0 Å². The number of carbonyl (C=O) groups is 1. The van der Waals surface area contributed by atoms with Gasteiger partial charge in [-0.1, -0.05) is 91.0 Å². The Balaban J connectivity index is 1.96. The maximum absolute atomic E-state index is 17.2. The molecule has 3 aromatic carbocycles. The third kappa shape index (κ3) is 3.44. The number of halogens is 1. The monoisotopic (exact) mass is 404 g/mol. The van der Waals surface area contributed by atoms with Crippen LogP contribution in [0.25, 0.3) is 0 Å². The minimum Gasteiger partial charge on any atom is -0.290 e. The molecule has 0 amide bonds. The predicted octanol–water partition coefficient (Wildman–Crippen LogP) is 5.89. The first kappa shape index (κ1) is 18.7. The van der Waals surface area contributed by atoms with E-state index in [9.17, 15) is 4.79 Å². The van der Waals surface area contributed by atoms with Crippen LogP contribution in [-0.2, 0) is 5.41 Å². The molecule has 0 spiro atoms. The summed E-state index contributed by atoms with van der Waals surface area (Å²) in [5, 5.41) is 3.09. The quantitative estimate of drug-likeness (QED) is 0.289. The Morgan fingerprint density at radius 1 is 0.750 bits per heavy atom. The van der Waals surface area contributed by atoms with Crippen LogP contribution >= 0.6 is 19.3 Å². The summed E-state index contributed by atoms with van der Waals surface area (Å²) in [6.45, 7) is 0. The van der Waals surface area contributed by atoms with Crippen LogP contribution in [0.15, 0.2) is 108 Å². The van der Waals surface area contributed by atoms with E-state index < -0.39 is 19.1 Å². The van der Waals surface area contributed by atoms with Crippen LogP contribution in [0.2, 0.25) is 0 Å². The molecule has 0 radical (unpaired) electrons. The van der Waals surface area contributed by atoms with Gasteiger partial charge in [0.25, 0.3) is 0 Å². The molecule has 0 N–H and O–H groups in total. The number of thiophene rings is 1. The van der Waals surface area contributed by atoms with Crippen molar-refractivity contribution in [3.05, 3.63) is 119 Å². The minimum atomic E-state index is -2.15. The minimum absolute atomic E-state index is 0.385. The second-order valence-electron chi connectivity index (χ2n) is 6.34. The summed E-state index contributed by atoms with van der Waals surface area (Å²) < 4.78 is 17.2. The van der Waals surface area contributed by atoms with Gasteiger partial charge in [-0.15, -0.1) is 0 Å². The van der Waals surface area contributed by atoms with E-state index in [4.69, 9.17) is 0 Å².